The predicted molar refractivity (Wildman–Crippen MR) is 152 cm³/mol. The van der Waals surface area contributed by atoms with Crippen molar-refractivity contribution in [1.82, 2.24) is 19.2 Å². The Hall–Kier alpha value is -4.09. The number of benzene rings is 1. The van der Waals surface area contributed by atoms with Gasteiger partial charge in [0.2, 0.25) is 5.75 Å². The van der Waals surface area contributed by atoms with Crippen molar-refractivity contribution in [1.29, 1.82) is 0 Å². The van der Waals surface area contributed by atoms with Crippen LogP contribution < -0.4 is 14.2 Å². The zero-order chi connectivity index (χ0) is 29.3. The molecule has 0 spiro atoms. The van der Waals surface area contributed by atoms with E-state index < -0.39 is 17.7 Å². The third kappa shape index (κ3) is 5.11. The first-order valence-corrected chi connectivity index (χ1v) is 13.6. The number of nitrogens with zero attached hydrogens (tertiary/aromatic N) is 4. The van der Waals surface area contributed by atoms with Crippen LogP contribution in [-0.2, 0) is 14.3 Å². The fourth-order valence-electron chi connectivity index (χ4n) is 5.68. The van der Waals surface area contributed by atoms with Crippen LogP contribution in [-0.4, -0.2) is 96.7 Å². The molecule has 2 saturated heterocycles. The lowest BCUT2D eigenvalue weighted by molar-refractivity contribution is -0.140. The summed E-state index contributed by atoms with van der Waals surface area (Å²) in [6, 6.07) is 6.35. The van der Waals surface area contributed by atoms with Crippen LogP contribution in [0.1, 0.15) is 35.0 Å². The Labute approximate surface area is 238 Å². The summed E-state index contributed by atoms with van der Waals surface area (Å²) >= 11 is 0. The molecule has 2 fully saturated rings. The van der Waals surface area contributed by atoms with Crippen LogP contribution in [0, 0.1) is 13.8 Å². The van der Waals surface area contributed by atoms with Gasteiger partial charge in [-0.25, -0.2) is 4.98 Å². The number of rotatable bonds is 9. The average molecular weight is 565 g/mol. The number of amides is 1. The molecule has 2 aromatic heterocycles. The van der Waals surface area contributed by atoms with Gasteiger partial charge in [-0.15, -0.1) is 0 Å². The number of likely N-dealkylation sites (tertiary alicyclic amines) is 1. The number of imidazole rings is 1. The molecule has 41 heavy (non-hydrogen) atoms. The maximum Gasteiger partial charge on any atom is 0.295 e. The number of fused-ring (bicyclic) bond motifs is 1. The Bertz CT molecular complexity index is 1480. The number of carbonyl (C=O) groups is 2. The standard InChI is InChI=1S/C30H36N4O7/c1-18-8-6-10-33-19(2)24(31-29(18)33)26(35)23-25(20-16-21(38-3)28(40-5)22(17-20)39-4)34(30(37)27(23)36)11-7-9-32-12-14-41-15-13-32/h6,8,10,16-17,25,35H,7,9,11-15H2,1-5H3/b26-23+. The number of aryl methyl sites for hydroxylation is 2. The normalized spacial score (nSPS) is 19.2. The Morgan fingerprint density at radius 2 is 1.73 bits per heavy atom. The van der Waals surface area contributed by atoms with E-state index in [1.807, 2.05) is 36.6 Å². The minimum atomic E-state index is -0.890. The van der Waals surface area contributed by atoms with Crippen LogP contribution in [0.15, 0.2) is 36.0 Å². The molecular formula is C30H36N4O7. The lowest BCUT2D eigenvalue weighted by atomic mass is 9.95. The molecule has 1 amide bonds. The van der Waals surface area contributed by atoms with Crippen molar-refractivity contribution in [2.45, 2.75) is 26.3 Å². The van der Waals surface area contributed by atoms with Crippen molar-refractivity contribution in [3.63, 3.8) is 0 Å². The summed E-state index contributed by atoms with van der Waals surface area (Å²) in [4.78, 5) is 35.7. The minimum Gasteiger partial charge on any atom is -0.505 e. The summed E-state index contributed by atoms with van der Waals surface area (Å²) in [6.45, 7) is 7.80. The van der Waals surface area contributed by atoms with E-state index in [4.69, 9.17) is 18.9 Å². The second-order valence-corrected chi connectivity index (χ2v) is 10.2. The van der Waals surface area contributed by atoms with Crippen molar-refractivity contribution >= 4 is 23.1 Å². The fourth-order valence-corrected chi connectivity index (χ4v) is 5.68. The average Bonchev–Trinajstić information content (AvgIpc) is 3.46. The molecule has 11 nitrogen and oxygen atoms in total. The number of methoxy groups -OCH3 is 3. The van der Waals surface area contributed by atoms with E-state index in [9.17, 15) is 14.7 Å². The van der Waals surface area contributed by atoms with Crippen LogP contribution >= 0.6 is 0 Å². The summed E-state index contributed by atoms with van der Waals surface area (Å²) in [6.07, 6.45) is 2.49. The highest BCUT2D eigenvalue weighted by molar-refractivity contribution is 6.46. The van der Waals surface area contributed by atoms with Gasteiger partial charge < -0.3 is 33.4 Å². The number of ketones is 1. The second-order valence-electron chi connectivity index (χ2n) is 10.2. The van der Waals surface area contributed by atoms with Gasteiger partial charge in [-0.2, -0.15) is 0 Å². The molecular weight excluding hydrogens is 528 g/mol. The lowest BCUT2D eigenvalue weighted by Gasteiger charge is -2.29. The van der Waals surface area contributed by atoms with Gasteiger partial charge in [-0.05, 0) is 49.6 Å². The van der Waals surface area contributed by atoms with Gasteiger partial charge in [0.05, 0.1) is 51.9 Å². The van der Waals surface area contributed by atoms with E-state index in [-0.39, 0.29) is 17.0 Å². The second kappa shape index (κ2) is 11.8. The molecule has 1 unspecified atom stereocenters. The van der Waals surface area contributed by atoms with Gasteiger partial charge >= 0.3 is 0 Å². The highest BCUT2D eigenvalue weighted by Crippen LogP contribution is 2.46. The Morgan fingerprint density at radius 3 is 2.34 bits per heavy atom. The fraction of sp³-hybridized carbons (Fsp3) is 0.433. The van der Waals surface area contributed by atoms with Crippen LogP contribution in [0.2, 0.25) is 0 Å². The Kier molecular flexibility index (Phi) is 8.18. The molecule has 0 bridgehead atoms. The zero-order valence-corrected chi connectivity index (χ0v) is 24.1. The molecule has 1 atom stereocenters. The molecule has 0 radical (unpaired) electrons. The number of Topliss-reactive ketones (excluding diaryl/α,β-unsaturated/α-hetero) is 1. The van der Waals surface area contributed by atoms with Crippen LogP contribution in [0.25, 0.3) is 11.4 Å². The molecule has 218 valence electrons. The number of morpholine rings is 1. The molecule has 3 aromatic rings. The van der Waals surface area contributed by atoms with Crippen molar-refractivity contribution in [3.8, 4) is 17.2 Å². The lowest BCUT2D eigenvalue weighted by Crippen LogP contribution is -2.39. The highest BCUT2D eigenvalue weighted by atomic mass is 16.5. The maximum absolute atomic E-state index is 13.6. The number of carbonyl (C=O) groups excluding carboxylic acids is 2. The van der Waals surface area contributed by atoms with Gasteiger partial charge in [0, 0.05) is 32.4 Å². The number of aromatic nitrogens is 2. The largest absolute Gasteiger partial charge is 0.505 e. The summed E-state index contributed by atoms with van der Waals surface area (Å²) in [5.74, 6) is -0.626. The van der Waals surface area contributed by atoms with Gasteiger partial charge in [0.15, 0.2) is 17.3 Å². The van der Waals surface area contributed by atoms with Gasteiger partial charge in [-0.1, -0.05) is 6.07 Å². The van der Waals surface area contributed by atoms with E-state index >= 15 is 0 Å². The highest BCUT2D eigenvalue weighted by Gasteiger charge is 2.47. The van der Waals surface area contributed by atoms with Crippen LogP contribution in [0.3, 0.4) is 0 Å². The van der Waals surface area contributed by atoms with Crippen molar-refractivity contribution in [2.75, 3.05) is 60.7 Å². The summed E-state index contributed by atoms with van der Waals surface area (Å²) in [5.41, 5.74) is 3.01. The van der Waals surface area contributed by atoms with Gasteiger partial charge in [0.25, 0.3) is 11.7 Å². The number of pyridine rings is 1. The van der Waals surface area contributed by atoms with Crippen molar-refractivity contribution in [2.24, 2.45) is 0 Å². The van der Waals surface area contributed by atoms with Crippen LogP contribution in [0.5, 0.6) is 17.2 Å². The first kappa shape index (κ1) is 28.4. The number of hydrogen-bond donors (Lipinski definition) is 1. The number of aliphatic hydroxyl groups excluding tert-OH is 1. The molecule has 1 aromatic carbocycles. The van der Waals surface area contributed by atoms with E-state index in [1.165, 1.54) is 26.2 Å². The summed E-state index contributed by atoms with van der Waals surface area (Å²) in [7, 11) is 4.51. The number of aliphatic hydroxyl groups is 1. The smallest absolute Gasteiger partial charge is 0.295 e. The first-order valence-electron chi connectivity index (χ1n) is 13.6. The molecule has 0 saturated carbocycles. The molecule has 0 aliphatic carbocycles. The van der Waals surface area contributed by atoms with E-state index in [0.717, 1.165) is 25.2 Å². The number of hydrogen-bond acceptors (Lipinski definition) is 9. The third-order valence-corrected chi connectivity index (χ3v) is 7.83. The Balaban J connectivity index is 1.63. The summed E-state index contributed by atoms with van der Waals surface area (Å²) in [5, 5.41) is 11.7. The monoisotopic (exact) mass is 564 g/mol. The molecule has 2 aliphatic rings. The SMILES string of the molecule is COc1cc(C2/C(=C(\O)c3nc4c(C)cccn4c3C)C(=O)C(=O)N2CCCN2CCOCC2)cc(OC)c1OC. The molecule has 11 heteroatoms. The quantitative estimate of drug-likeness (QED) is 0.238. The zero-order valence-electron chi connectivity index (χ0n) is 24.1. The van der Waals surface area contributed by atoms with Crippen molar-refractivity contribution in [3.05, 3.63) is 58.6 Å². The summed E-state index contributed by atoms with van der Waals surface area (Å²) < 4.78 is 23.9. The van der Waals surface area contributed by atoms with E-state index in [2.05, 4.69) is 9.88 Å². The molecule has 4 heterocycles. The van der Waals surface area contributed by atoms with E-state index in [1.54, 1.807) is 12.1 Å². The van der Waals surface area contributed by atoms with Gasteiger partial charge in [-0.3, -0.25) is 14.5 Å². The van der Waals surface area contributed by atoms with Crippen LogP contribution in [0.4, 0.5) is 0 Å². The minimum absolute atomic E-state index is 0.0280. The molecule has 2 aliphatic heterocycles. The number of ether oxygens (including phenoxy) is 4. The van der Waals surface area contributed by atoms with E-state index in [0.29, 0.717) is 60.3 Å². The third-order valence-electron chi connectivity index (χ3n) is 7.83. The van der Waals surface area contributed by atoms with Gasteiger partial charge in [0.1, 0.15) is 11.3 Å². The molecule has 1 N–H and O–H groups in total. The first-order chi connectivity index (χ1) is 19.8. The maximum atomic E-state index is 13.6. The Morgan fingerprint density at radius 1 is 1.05 bits per heavy atom. The predicted octanol–water partition coefficient (Wildman–Crippen LogP) is 3.12. The molecule has 5 rings (SSSR count). The topological polar surface area (TPSA) is 115 Å². The van der Waals surface area contributed by atoms with Crippen molar-refractivity contribution < 1.29 is 33.6 Å².